The van der Waals surface area contributed by atoms with Gasteiger partial charge in [-0.15, -0.1) is 0 Å². The SMILES string of the molecule is [2H]C([2H])(C)C([2H])([2H])c1nn(C)c2c(=O)[nH]c(-c3cc(S(=O)(=O)NC([2H])([2H])C([2H])([2H])C4CCCN4C)ccc3OCCC)nc12. The Bertz CT molecular complexity index is 1720. The van der Waals surface area contributed by atoms with Crippen molar-refractivity contribution in [3.05, 3.63) is 34.2 Å². The third-order valence-electron chi connectivity index (χ3n) is 5.86. The molecule has 1 saturated heterocycles. The molecule has 0 amide bonds. The van der Waals surface area contributed by atoms with Gasteiger partial charge in [0.25, 0.3) is 5.56 Å². The van der Waals surface area contributed by atoms with Crippen LogP contribution in [-0.4, -0.2) is 65.8 Å². The lowest BCUT2D eigenvalue weighted by Gasteiger charge is -2.19. The van der Waals surface area contributed by atoms with E-state index in [1.807, 2.05) is 11.6 Å². The van der Waals surface area contributed by atoms with E-state index in [2.05, 4.69) is 15.1 Å². The molecule has 1 aliphatic heterocycles. The number of hydrogen-bond donors (Lipinski definition) is 2. The summed E-state index contributed by atoms with van der Waals surface area (Å²) in [6, 6.07) is 2.69. The maximum Gasteiger partial charge on any atom is 0.277 e. The number of nitrogens with zero attached hydrogens (tertiary/aromatic N) is 4. The van der Waals surface area contributed by atoms with Crippen LogP contribution in [0.3, 0.4) is 0 Å². The number of H-pyrrole nitrogens is 1. The Morgan fingerprint density at radius 1 is 1.31 bits per heavy atom. The summed E-state index contributed by atoms with van der Waals surface area (Å²) in [5.41, 5.74) is -1.58. The van der Waals surface area contributed by atoms with Gasteiger partial charge < -0.3 is 14.6 Å². The van der Waals surface area contributed by atoms with Gasteiger partial charge in [0, 0.05) is 30.6 Å². The number of fused-ring (bicyclic) bond motifs is 1. The van der Waals surface area contributed by atoms with Gasteiger partial charge in [0.05, 0.1) is 22.8 Å². The minimum absolute atomic E-state index is 0.0331. The second kappa shape index (κ2) is 11.1. The molecular formula is C25H36N6O4S. The van der Waals surface area contributed by atoms with Crippen molar-refractivity contribution in [3.8, 4) is 17.1 Å². The van der Waals surface area contributed by atoms with E-state index in [0.717, 1.165) is 23.7 Å². The Morgan fingerprint density at radius 3 is 2.81 bits per heavy atom. The van der Waals surface area contributed by atoms with Crippen molar-refractivity contribution < 1.29 is 24.1 Å². The van der Waals surface area contributed by atoms with E-state index < -0.39 is 57.8 Å². The van der Waals surface area contributed by atoms with Crippen LogP contribution < -0.4 is 15.0 Å². The number of hydrogen-bond acceptors (Lipinski definition) is 7. The third-order valence-corrected chi connectivity index (χ3v) is 7.10. The first-order valence-electron chi connectivity index (χ1n) is 15.6. The van der Waals surface area contributed by atoms with E-state index in [1.165, 1.54) is 13.1 Å². The molecule has 3 heterocycles. The van der Waals surface area contributed by atoms with Crippen LogP contribution in [0.1, 0.15) is 62.5 Å². The van der Waals surface area contributed by atoms with Gasteiger partial charge in [-0.1, -0.05) is 20.2 Å². The number of nitrogens with one attached hydrogen (secondary N) is 2. The Hall–Kier alpha value is -2.76. The van der Waals surface area contributed by atoms with Crippen molar-refractivity contribution in [1.29, 1.82) is 0 Å². The molecule has 3 aromatic rings. The van der Waals surface area contributed by atoms with Crippen LogP contribution in [0.4, 0.5) is 0 Å². The van der Waals surface area contributed by atoms with Gasteiger partial charge in [-0.25, -0.2) is 18.1 Å². The van der Waals surface area contributed by atoms with Crippen molar-refractivity contribution in [1.82, 2.24) is 29.4 Å². The van der Waals surface area contributed by atoms with Crippen molar-refractivity contribution in [2.24, 2.45) is 7.05 Å². The average molecular weight is 525 g/mol. The van der Waals surface area contributed by atoms with Crippen molar-refractivity contribution in [3.63, 3.8) is 0 Å². The Morgan fingerprint density at radius 2 is 2.11 bits per heavy atom. The maximum atomic E-state index is 13.5. The zero-order chi connectivity index (χ0) is 33.0. The first kappa shape index (κ1) is 17.7. The van der Waals surface area contributed by atoms with Gasteiger partial charge in [-0.05, 0) is 63.8 Å². The highest BCUT2D eigenvalue weighted by Gasteiger charge is 2.23. The number of aromatic nitrogens is 4. The van der Waals surface area contributed by atoms with Gasteiger partial charge in [0.2, 0.25) is 10.0 Å². The van der Waals surface area contributed by atoms with Gasteiger partial charge in [-0.2, -0.15) is 5.10 Å². The molecule has 0 spiro atoms. The predicted molar refractivity (Wildman–Crippen MR) is 140 cm³/mol. The van der Waals surface area contributed by atoms with Crippen LogP contribution in [0.5, 0.6) is 5.75 Å². The largest absolute Gasteiger partial charge is 0.493 e. The first-order valence-corrected chi connectivity index (χ1v) is 13.1. The number of aromatic amines is 1. The molecule has 1 fully saturated rings. The number of aryl methyl sites for hydroxylation is 2. The predicted octanol–water partition coefficient (Wildman–Crippen LogP) is 2.83. The summed E-state index contributed by atoms with van der Waals surface area (Å²) in [6.45, 7) is 0.625. The summed E-state index contributed by atoms with van der Waals surface area (Å²) in [4.78, 5) is 21.3. The lowest BCUT2D eigenvalue weighted by Crippen LogP contribution is -2.31. The average Bonchev–Trinajstić information content (AvgIpc) is 3.49. The summed E-state index contributed by atoms with van der Waals surface area (Å²) < 4.78 is 102. The maximum absolute atomic E-state index is 13.5. The van der Waals surface area contributed by atoms with Crippen molar-refractivity contribution in [2.75, 3.05) is 26.7 Å². The summed E-state index contributed by atoms with van der Waals surface area (Å²) in [6.07, 6.45) is -6.09. The van der Waals surface area contributed by atoms with Crippen molar-refractivity contribution >= 4 is 21.1 Å². The van der Waals surface area contributed by atoms with Gasteiger partial charge in [0.15, 0.2) is 5.52 Å². The zero-order valence-corrected chi connectivity index (χ0v) is 21.5. The van der Waals surface area contributed by atoms with E-state index in [-0.39, 0.29) is 34.8 Å². The van der Waals surface area contributed by atoms with Crippen LogP contribution in [0.15, 0.2) is 27.9 Å². The van der Waals surface area contributed by atoms with E-state index in [0.29, 0.717) is 25.8 Å². The molecule has 4 rings (SSSR count). The molecule has 2 aromatic heterocycles. The van der Waals surface area contributed by atoms with Gasteiger partial charge >= 0.3 is 0 Å². The molecule has 0 bridgehead atoms. The molecule has 10 nitrogen and oxygen atoms in total. The fourth-order valence-corrected chi connectivity index (χ4v) is 4.87. The number of rotatable bonds is 11. The molecule has 11 heteroatoms. The topological polar surface area (TPSA) is 122 Å². The van der Waals surface area contributed by atoms with Crippen LogP contribution in [0.25, 0.3) is 22.4 Å². The molecule has 2 N–H and O–H groups in total. The highest BCUT2D eigenvalue weighted by atomic mass is 32.2. The summed E-state index contributed by atoms with van der Waals surface area (Å²) in [5, 5.41) is 4.05. The minimum atomic E-state index is -4.70. The molecule has 36 heavy (non-hydrogen) atoms. The number of likely N-dealkylation sites (tertiary alicyclic amines) is 1. The molecule has 1 atom stereocenters. The molecular weight excluding hydrogens is 480 g/mol. The summed E-state index contributed by atoms with van der Waals surface area (Å²) in [7, 11) is -1.66. The summed E-state index contributed by atoms with van der Waals surface area (Å²) >= 11 is 0. The van der Waals surface area contributed by atoms with E-state index in [4.69, 9.17) is 15.7 Å². The van der Waals surface area contributed by atoms with E-state index in [9.17, 15) is 13.2 Å². The third kappa shape index (κ3) is 5.47. The Kier molecular flexibility index (Phi) is 5.44. The highest BCUT2D eigenvalue weighted by Crippen LogP contribution is 2.31. The van der Waals surface area contributed by atoms with Crippen LogP contribution >= 0.6 is 0 Å². The number of sulfonamides is 1. The first-order chi connectivity index (χ1) is 20.2. The lowest BCUT2D eigenvalue weighted by molar-refractivity contribution is 0.297. The van der Waals surface area contributed by atoms with E-state index >= 15 is 0 Å². The normalized spacial score (nSPS) is 21.6. The second-order valence-corrected chi connectivity index (χ2v) is 10.2. The standard InChI is InChI=1S/C25H36N6O4S/c1-5-8-20-22-23(31(4)29-20)25(32)28-24(27-22)19-16-18(10-11-21(19)35-15-6-2)36(33,34)26-13-12-17-9-7-14-30(17)3/h10-11,16-17,26H,5-9,12-15H2,1-4H3,(H,27,28,32)/i5D2,8D2,12D2,13D2. The molecule has 0 radical (unpaired) electrons. The van der Waals surface area contributed by atoms with Crippen LogP contribution in [0, 0.1) is 0 Å². The highest BCUT2D eigenvalue weighted by molar-refractivity contribution is 7.89. The Balaban J connectivity index is 1.86. The number of benzene rings is 1. The van der Waals surface area contributed by atoms with E-state index in [1.54, 1.807) is 11.9 Å². The quantitative estimate of drug-likeness (QED) is 0.395. The fourth-order valence-electron chi connectivity index (χ4n) is 4.04. The minimum Gasteiger partial charge on any atom is -0.493 e. The molecule has 1 unspecified atom stereocenters. The summed E-state index contributed by atoms with van der Waals surface area (Å²) in [5.74, 6) is -0.114. The second-order valence-electron chi connectivity index (χ2n) is 8.48. The lowest BCUT2D eigenvalue weighted by atomic mass is 10.1. The van der Waals surface area contributed by atoms with Gasteiger partial charge in [-0.3, -0.25) is 9.48 Å². The molecule has 1 aromatic carbocycles. The molecule has 196 valence electrons. The zero-order valence-electron chi connectivity index (χ0n) is 28.7. The smallest absolute Gasteiger partial charge is 0.277 e. The molecule has 0 aliphatic carbocycles. The fraction of sp³-hybridized carbons (Fsp3) is 0.560. The monoisotopic (exact) mass is 524 g/mol. The number of ether oxygens (including phenoxy) is 1. The van der Waals surface area contributed by atoms with Crippen LogP contribution in [0.2, 0.25) is 0 Å². The molecule has 1 aliphatic rings. The Labute approximate surface area is 223 Å². The van der Waals surface area contributed by atoms with Crippen molar-refractivity contribution in [2.45, 2.75) is 63.2 Å². The van der Waals surface area contributed by atoms with Crippen LogP contribution in [-0.2, 0) is 23.4 Å². The van der Waals surface area contributed by atoms with Gasteiger partial charge in [0.1, 0.15) is 17.1 Å². The molecule has 0 saturated carbocycles.